The third kappa shape index (κ3) is 11.1. The normalized spacial score (nSPS) is 12.1. The maximum Gasteiger partial charge on any atom is 0.126 e. The molecule has 0 aliphatic heterocycles. The van der Waals surface area contributed by atoms with Crippen molar-refractivity contribution in [1.82, 2.24) is 0 Å². The average molecular weight is 458 g/mol. The van der Waals surface area contributed by atoms with E-state index in [0.717, 1.165) is 54.7 Å². The van der Waals surface area contributed by atoms with Crippen molar-refractivity contribution in [1.29, 1.82) is 0 Å². The molecule has 1 rings (SSSR count). The zero-order chi connectivity index (χ0) is 22.2. The summed E-state index contributed by atoms with van der Waals surface area (Å²) in [5.41, 5.74) is 2.29. The van der Waals surface area contributed by atoms with Crippen LogP contribution in [0.3, 0.4) is 0 Å². The van der Waals surface area contributed by atoms with Crippen molar-refractivity contribution in [2.75, 3.05) is 13.2 Å². The molecule has 1 aromatic rings. The smallest absolute Gasteiger partial charge is 0.126 e. The second-order valence-electron chi connectivity index (χ2n) is 7.27. The topological polar surface area (TPSA) is 40.0 Å². The lowest BCUT2D eigenvalue weighted by Gasteiger charge is -2.21. The summed E-state index contributed by atoms with van der Waals surface area (Å²) in [7, 11) is 0. The third-order valence-corrected chi connectivity index (χ3v) is 5.03. The molecule has 0 heterocycles. The lowest BCUT2D eigenvalue weighted by atomic mass is 10.0. The summed E-state index contributed by atoms with van der Waals surface area (Å²) in [6, 6.07) is 4.07. The number of benzene rings is 1. The van der Waals surface area contributed by atoms with E-state index in [-0.39, 0.29) is 10.6 Å². The molecule has 0 saturated heterocycles. The van der Waals surface area contributed by atoms with E-state index in [1.165, 1.54) is 19.3 Å². The number of rotatable bonds is 16. The maximum atomic E-state index is 6.32. The van der Waals surface area contributed by atoms with Gasteiger partial charge in [0.05, 0.1) is 6.10 Å². The fourth-order valence-corrected chi connectivity index (χ4v) is 3.15. The molecule has 0 N–H and O–H groups in total. The highest BCUT2D eigenvalue weighted by Crippen LogP contribution is 2.32. The molecule has 0 spiro atoms. The van der Waals surface area contributed by atoms with Gasteiger partial charge in [0.15, 0.2) is 0 Å². The summed E-state index contributed by atoms with van der Waals surface area (Å²) in [6.07, 6.45) is 11.8. The van der Waals surface area contributed by atoms with E-state index < -0.39 is 0 Å². The fraction of sp³-hybridized carbons (Fsp3) is 0.625. The summed E-state index contributed by atoms with van der Waals surface area (Å²) in [5.74, 6) is 1.78. The number of nitrogens with zero attached hydrogens (tertiary/aromatic N) is 1. The van der Waals surface area contributed by atoms with Gasteiger partial charge in [-0.1, -0.05) is 62.0 Å². The number of unbranched alkanes of at least 4 members (excludes halogenated alkanes) is 3. The van der Waals surface area contributed by atoms with Crippen molar-refractivity contribution in [3.8, 4) is 11.5 Å². The molecule has 0 saturated carbocycles. The Morgan fingerprint density at radius 3 is 2.37 bits per heavy atom. The number of hydrogen-bond donors (Lipinski definition) is 0. The highest BCUT2D eigenvalue weighted by atomic mass is 35.5. The van der Waals surface area contributed by atoms with Crippen molar-refractivity contribution < 1.29 is 14.3 Å². The van der Waals surface area contributed by atoms with E-state index in [4.69, 9.17) is 37.5 Å². The van der Waals surface area contributed by atoms with E-state index in [0.29, 0.717) is 13.2 Å². The molecule has 0 aliphatic carbocycles. The van der Waals surface area contributed by atoms with Crippen LogP contribution >= 0.6 is 23.2 Å². The molecule has 6 heteroatoms. The number of hydrogen-bond acceptors (Lipinski definition) is 4. The number of halogens is 2. The minimum absolute atomic E-state index is 0.0995. The van der Waals surface area contributed by atoms with Crippen LogP contribution in [0.15, 0.2) is 27.9 Å². The second-order valence-corrected chi connectivity index (χ2v) is 8.28. The van der Waals surface area contributed by atoms with Gasteiger partial charge in [0.2, 0.25) is 0 Å². The lowest BCUT2D eigenvalue weighted by molar-refractivity contribution is 0.124. The van der Waals surface area contributed by atoms with Crippen LogP contribution in [-0.2, 0) is 17.7 Å². The molecular weight excluding hydrogens is 421 g/mol. The van der Waals surface area contributed by atoms with E-state index in [1.54, 1.807) is 6.08 Å². The summed E-state index contributed by atoms with van der Waals surface area (Å²) in [4.78, 5) is 5.35. The number of ether oxygens (including phenoxy) is 2. The maximum absolute atomic E-state index is 6.32. The Morgan fingerprint density at radius 1 is 1.07 bits per heavy atom. The zero-order valence-corrected chi connectivity index (χ0v) is 20.4. The van der Waals surface area contributed by atoms with Crippen LogP contribution in [0.25, 0.3) is 0 Å². The fourth-order valence-electron chi connectivity index (χ4n) is 3.02. The van der Waals surface area contributed by atoms with Gasteiger partial charge in [-0.15, -0.1) is 0 Å². The highest BCUT2D eigenvalue weighted by molar-refractivity contribution is 6.55. The minimum atomic E-state index is 0.0995. The van der Waals surface area contributed by atoms with Crippen molar-refractivity contribution in [3.63, 3.8) is 0 Å². The van der Waals surface area contributed by atoms with Gasteiger partial charge in [-0.2, -0.15) is 0 Å². The van der Waals surface area contributed by atoms with Gasteiger partial charge in [-0.3, -0.25) is 0 Å². The van der Waals surface area contributed by atoms with Crippen molar-refractivity contribution in [2.45, 2.75) is 85.2 Å². The van der Waals surface area contributed by atoms with Gasteiger partial charge >= 0.3 is 0 Å². The van der Waals surface area contributed by atoms with Gasteiger partial charge < -0.3 is 14.3 Å². The van der Waals surface area contributed by atoms with E-state index in [2.05, 4.69) is 32.9 Å². The van der Waals surface area contributed by atoms with Gasteiger partial charge in [-0.05, 0) is 74.8 Å². The summed E-state index contributed by atoms with van der Waals surface area (Å²) >= 11 is 11.3. The molecule has 170 valence electrons. The van der Waals surface area contributed by atoms with Crippen LogP contribution in [0.4, 0.5) is 0 Å². The molecule has 0 aromatic heterocycles. The Kier molecular flexibility index (Phi) is 14.5. The summed E-state index contributed by atoms with van der Waals surface area (Å²) in [5, 5.41) is 4.02. The van der Waals surface area contributed by atoms with Crippen LogP contribution in [0.2, 0.25) is 0 Å². The van der Waals surface area contributed by atoms with Gasteiger partial charge in [0.1, 0.15) is 29.2 Å². The first-order chi connectivity index (χ1) is 14.5. The van der Waals surface area contributed by atoms with Crippen molar-refractivity contribution in [3.05, 3.63) is 33.8 Å². The van der Waals surface area contributed by atoms with Gasteiger partial charge in [0, 0.05) is 6.21 Å². The Labute approximate surface area is 192 Å². The Balaban J connectivity index is 2.54. The van der Waals surface area contributed by atoms with Crippen LogP contribution in [0, 0.1) is 0 Å². The zero-order valence-electron chi connectivity index (χ0n) is 18.9. The average Bonchev–Trinajstić information content (AvgIpc) is 2.72. The molecule has 0 radical (unpaired) electrons. The van der Waals surface area contributed by atoms with Gasteiger partial charge in [-0.25, -0.2) is 0 Å². The third-order valence-electron chi connectivity index (χ3n) is 4.72. The van der Waals surface area contributed by atoms with Crippen LogP contribution in [0.1, 0.15) is 77.3 Å². The molecule has 0 aliphatic rings. The molecule has 0 amide bonds. The van der Waals surface area contributed by atoms with E-state index in [9.17, 15) is 0 Å². The Bertz CT molecular complexity index is 633. The molecule has 1 aromatic carbocycles. The van der Waals surface area contributed by atoms with E-state index >= 15 is 0 Å². The highest BCUT2D eigenvalue weighted by Gasteiger charge is 2.14. The monoisotopic (exact) mass is 457 g/mol. The summed E-state index contributed by atoms with van der Waals surface area (Å²) in [6.45, 7) is 9.50. The molecule has 0 bridgehead atoms. The predicted molar refractivity (Wildman–Crippen MR) is 128 cm³/mol. The Hall–Kier alpha value is -1.39. The molecule has 1 atom stereocenters. The first-order valence-electron chi connectivity index (χ1n) is 11.1. The molecule has 4 nitrogen and oxygen atoms in total. The molecule has 1 unspecified atom stereocenters. The number of aryl methyl sites for hydroxylation is 2. The van der Waals surface area contributed by atoms with Crippen LogP contribution in [-0.4, -0.2) is 25.5 Å². The molecule has 30 heavy (non-hydrogen) atoms. The summed E-state index contributed by atoms with van der Waals surface area (Å²) < 4.78 is 12.3. The SMILES string of the molecule is CCCCCC=NOCCCC(C)Oc1c(CC)cc(OCC=C(Cl)Cl)cc1CC. The second kappa shape index (κ2) is 16.3. The van der Waals surface area contributed by atoms with Crippen LogP contribution < -0.4 is 9.47 Å². The predicted octanol–water partition coefficient (Wildman–Crippen LogP) is 7.64. The van der Waals surface area contributed by atoms with E-state index in [1.807, 2.05) is 18.3 Å². The standard InChI is InChI=1S/C24H37Cl2NO3/c1-5-8-9-10-14-27-29-15-11-12-19(4)30-24-20(6-2)17-22(18-21(24)7-3)28-16-13-23(25)26/h13-14,17-19H,5-12,15-16H2,1-4H3. The number of oxime groups is 1. The minimum Gasteiger partial charge on any atom is -0.490 e. The van der Waals surface area contributed by atoms with Crippen molar-refractivity contribution >= 4 is 29.4 Å². The first kappa shape index (κ1) is 26.6. The molecular formula is C24H37Cl2NO3. The van der Waals surface area contributed by atoms with Crippen LogP contribution in [0.5, 0.6) is 11.5 Å². The largest absolute Gasteiger partial charge is 0.490 e. The quantitative estimate of drug-likeness (QED) is 0.145. The molecule has 0 fully saturated rings. The first-order valence-corrected chi connectivity index (χ1v) is 11.9. The Morgan fingerprint density at radius 2 is 1.77 bits per heavy atom. The lowest BCUT2D eigenvalue weighted by Crippen LogP contribution is -2.15. The van der Waals surface area contributed by atoms with Gasteiger partial charge in [0.25, 0.3) is 0 Å². The van der Waals surface area contributed by atoms with Crippen molar-refractivity contribution in [2.24, 2.45) is 5.16 Å².